The lowest BCUT2D eigenvalue weighted by Gasteiger charge is -2.09. The van der Waals surface area contributed by atoms with Gasteiger partial charge in [-0.1, -0.05) is 29.8 Å². The molecule has 110 valence electrons. The fourth-order valence-electron chi connectivity index (χ4n) is 2.06. The molecule has 0 aliphatic heterocycles. The van der Waals surface area contributed by atoms with Gasteiger partial charge in [0.05, 0.1) is 5.56 Å². The molecule has 0 saturated carbocycles. The first kappa shape index (κ1) is 13.9. The zero-order chi connectivity index (χ0) is 15.4. The summed E-state index contributed by atoms with van der Waals surface area (Å²) in [5.74, 6) is 0.264. The van der Waals surface area contributed by atoms with Gasteiger partial charge in [0, 0.05) is 12.7 Å². The molecule has 1 amide bonds. The Morgan fingerprint density at radius 3 is 2.77 bits per heavy atom. The fourth-order valence-corrected chi connectivity index (χ4v) is 2.06. The van der Waals surface area contributed by atoms with E-state index >= 15 is 0 Å². The highest BCUT2D eigenvalue weighted by atomic mass is 16.1. The maximum atomic E-state index is 12.4. The van der Waals surface area contributed by atoms with E-state index in [0.29, 0.717) is 17.9 Å². The SMILES string of the molecule is Cc1ccc(CNC(=O)c2cccnc2-n2cncn2)cc1. The normalized spacial score (nSPS) is 10.4. The molecule has 2 heterocycles. The van der Waals surface area contributed by atoms with Gasteiger partial charge >= 0.3 is 0 Å². The second-order valence-corrected chi connectivity index (χ2v) is 4.88. The summed E-state index contributed by atoms with van der Waals surface area (Å²) in [5.41, 5.74) is 2.70. The van der Waals surface area contributed by atoms with Crippen LogP contribution >= 0.6 is 0 Å². The molecule has 0 unspecified atom stereocenters. The molecule has 22 heavy (non-hydrogen) atoms. The van der Waals surface area contributed by atoms with E-state index in [1.807, 2.05) is 31.2 Å². The number of nitrogens with one attached hydrogen (secondary N) is 1. The zero-order valence-electron chi connectivity index (χ0n) is 12.1. The fraction of sp³-hybridized carbons (Fsp3) is 0.125. The lowest BCUT2D eigenvalue weighted by atomic mass is 10.1. The molecule has 6 heteroatoms. The Bertz CT molecular complexity index is 765. The highest BCUT2D eigenvalue weighted by Gasteiger charge is 2.13. The smallest absolute Gasteiger partial charge is 0.255 e. The van der Waals surface area contributed by atoms with E-state index < -0.39 is 0 Å². The number of rotatable bonds is 4. The highest BCUT2D eigenvalue weighted by Crippen LogP contribution is 2.10. The molecular formula is C16H15N5O. The number of amides is 1. The highest BCUT2D eigenvalue weighted by molar-refractivity contribution is 5.96. The first-order chi connectivity index (χ1) is 10.7. The Balaban J connectivity index is 1.77. The molecule has 0 fully saturated rings. The molecule has 0 bridgehead atoms. The number of carbonyl (C=O) groups is 1. The summed E-state index contributed by atoms with van der Waals surface area (Å²) in [6, 6.07) is 11.5. The number of carbonyl (C=O) groups excluding carboxylic acids is 1. The lowest BCUT2D eigenvalue weighted by Crippen LogP contribution is -2.24. The summed E-state index contributed by atoms with van der Waals surface area (Å²) in [6.45, 7) is 2.49. The third-order valence-corrected chi connectivity index (χ3v) is 3.24. The predicted molar refractivity (Wildman–Crippen MR) is 81.5 cm³/mol. The molecule has 0 spiro atoms. The van der Waals surface area contributed by atoms with Crippen LogP contribution in [0.3, 0.4) is 0 Å². The second-order valence-electron chi connectivity index (χ2n) is 4.88. The van der Waals surface area contributed by atoms with E-state index in [-0.39, 0.29) is 5.91 Å². The third-order valence-electron chi connectivity index (χ3n) is 3.24. The van der Waals surface area contributed by atoms with Gasteiger partial charge in [0.25, 0.3) is 5.91 Å². The number of nitrogens with zero attached hydrogens (tertiary/aromatic N) is 4. The van der Waals surface area contributed by atoms with Gasteiger partial charge in [-0.15, -0.1) is 0 Å². The standard InChI is InChI=1S/C16H15N5O/c1-12-4-6-13(7-5-12)9-19-16(22)14-3-2-8-18-15(14)21-11-17-10-20-21/h2-8,10-11H,9H2,1H3,(H,19,22). The van der Waals surface area contributed by atoms with Crippen LogP contribution in [0.1, 0.15) is 21.5 Å². The molecule has 0 radical (unpaired) electrons. The number of aromatic nitrogens is 4. The van der Waals surface area contributed by atoms with Crippen molar-refractivity contribution >= 4 is 5.91 Å². The molecular weight excluding hydrogens is 278 g/mol. The molecule has 0 aliphatic rings. The maximum Gasteiger partial charge on any atom is 0.255 e. The van der Waals surface area contributed by atoms with Gasteiger partial charge in [-0.2, -0.15) is 5.10 Å². The number of hydrogen-bond donors (Lipinski definition) is 1. The number of benzene rings is 1. The lowest BCUT2D eigenvalue weighted by molar-refractivity contribution is 0.0950. The summed E-state index contributed by atoms with van der Waals surface area (Å²) in [4.78, 5) is 20.5. The van der Waals surface area contributed by atoms with Crippen molar-refractivity contribution in [2.24, 2.45) is 0 Å². The molecule has 1 aromatic carbocycles. The van der Waals surface area contributed by atoms with Crippen LogP contribution in [0.4, 0.5) is 0 Å². The Morgan fingerprint density at radius 1 is 1.23 bits per heavy atom. The maximum absolute atomic E-state index is 12.4. The summed E-state index contributed by atoms with van der Waals surface area (Å²) in [6.07, 6.45) is 4.54. The number of hydrogen-bond acceptors (Lipinski definition) is 4. The monoisotopic (exact) mass is 293 g/mol. The Morgan fingerprint density at radius 2 is 2.05 bits per heavy atom. The van der Waals surface area contributed by atoms with Crippen LogP contribution in [-0.2, 0) is 6.54 Å². The molecule has 1 N–H and O–H groups in total. The topological polar surface area (TPSA) is 72.7 Å². The summed E-state index contributed by atoms with van der Waals surface area (Å²) in [5, 5.41) is 6.92. The van der Waals surface area contributed by atoms with Crippen LogP contribution in [0.15, 0.2) is 55.2 Å². The Kier molecular flexibility index (Phi) is 3.91. The van der Waals surface area contributed by atoms with Crippen molar-refractivity contribution in [3.8, 4) is 5.82 Å². The van der Waals surface area contributed by atoms with E-state index in [1.165, 1.54) is 22.9 Å². The van der Waals surface area contributed by atoms with Crippen LogP contribution in [0.2, 0.25) is 0 Å². The summed E-state index contributed by atoms with van der Waals surface area (Å²) < 4.78 is 1.47. The molecule has 0 aliphatic carbocycles. The van der Waals surface area contributed by atoms with Crippen LogP contribution in [0, 0.1) is 6.92 Å². The molecule has 2 aromatic heterocycles. The van der Waals surface area contributed by atoms with Gasteiger partial charge in [-0.3, -0.25) is 4.79 Å². The number of aryl methyl sites for hydroxylation is 1. The Hall–Kier alpha value is -3.02. The first-order valence-electron chi connectivity index (χ1n) is 6.88. The van der Waals surface area contributed by atoms with Gasteiger partial charge in [0.1, 0.15) is 12.7 Å². The van der Waals surface area contributed by atoms with Gasteiger partial charge < -0.3 is 5.32 Å². The quantitative estimate of drug-likeness (QED) is 0.797. The largest absolute Gasteiger partial charge is 0.348 e. The van der Waals surface area contributed by atoms with Crippen molar-refractivity contribution in [2.45, 2.75) is 13.5 Å². The average Bonchev–Trinajstić information content (AvgIpc) is 3.08. The predicted octanol–water partition coefficient (Wildman–Crippen LogP) is 1.90. The van der Waals surface area contributed by atoms with Crippen molar-refractivity contribution in [1.29, 1.82) is 0 Å². The molecule has 3 aromatic rings. The van der Waals surface area contributed by atoms with Gasteiger partial charge in [-0.05, 0) is 24.6 Å². The average molecular weight is 293 g/mol. The third kappa shape index (κ3) is 3.01. The van der Waals surface area contributed by atoms with Gasteiger partial charge in [-0.25, -0.2) is 14.6 Å². The van der Waals surface area contributed by atoms with Gasteiger partial charge in [0.2, 0.25) is 0 Å². The van der Waals surface area contributed by atoms with Gasteiger partial charge in [0.15, 0.2) is 5.82 Å². The number of pyridine rings is 1. The van der Waals surface area contributed by atoms with Crippen molar-refractivity contribution in [3.05, 3.63) is 71.9 Å². The van der Waals surface area contributed by atoms with E-state index in [1.54, 1.807) is 18.3 Å². The van der Waals surface area contributed by atoms with E-state index in [4.69, 9.17) is 0 Å². The van der Waals surface area contributed by atoms with Crippen LogP contribution < -0.4 is 5.32 Å². The van der Waals surface area contributed by atoms with Crippen molar-refractivity contribution in [1.82, 2.24) is 25.1 Å². The summed E-state index contributed by atoms with van der Waals surface area (Å²) >= 11 is 0. The molecule has 0 saturated heterocycles. The van der Waals surface area contributed by atoms with E-state index in [2.05, 4.69) is 20.4 Å². The second kappa shape index (κ2) is 6.17. The van der Waals surface area contributed by atoms with Crippen molar-refractivity contribution in [3.63, 3.8) is 0 Å². The zero-order valence-corrected chi connectivity index (χ0v) is 12.1. The molecule has 3 rings (SSSR count). The van der Waals surface area contributed by atoms with E-state index in [0.717, 1.165) is 5.56 Å². The minimum atomic E-state index is -0.195. The first-order valence-corrected chi connectivity index (χ1v) is 6.88. The van der Waals surface area contributed by atoms with Crippen LogP contribution in [-0.4, -0.2) is 25.7 Å². The minimum Gasteiger partial charge on any atom is -0.348 e. The molecule has 6 nitrogen and oxygen atoms in total. The molecule has 0 atom stereocenters. The van der Waals surface area contributed by atoms with Crippen LogP contribution in [0.5, 0.6) is 0 Å². The van der Waals surface area contributed by atoms with Crippen molar-refractivity contribution in [2.75, 3.05) is 0 Å². The van der Waals surface area contributed by atoms with Crippen LogP contribution in [0.25, 0.3) is 5.82 Å². The Labute approximate surface area is 127 Å². The minimum absolute atomic E-state index is 0.195. The van der Waals surface area contributed by atoms with E-state index in [9.17, 15) is 4.79 Å². The van der Waals surface area contributed by atoms with Crippen molar-refractivity contribution < 1.29 is 4.79 Å². The summed E-state index contributed by atoms with van der Waals surface area (Å²) in [7, 11) is 0.